The molecule has 0 saturated carbocycles. The van der Waals surface area contributed by atoms with E-state index in [1.807, 2.05) is 12.1 Å². The van der Waals surface area contributed by atoms with Gasteiger partial charge in [0.05, 0.1) is 0 Å². The van der Waals surface area contributed by atoms with Crippen LogP contribution in [-0.4, -0.2) is 5.75 Å². The molecular weight excluding hydrogens is 288 g/mol. The fourth-order valence-corrected chi connectivity index (χ4v) is 2.83. The van der Waals surface area contributed by atoms with Gasteiger partial charge in [-0.25, -0.2) is 8.78 Å². The second kappa shape index (κ2) is 6.37. The Morgan fingerprint density at radius 1 is 1.16 bits per heavy atom. The molecule has 2 rings (SSSR count). The van der Waals surface area contributed by atoms with Gasteiger partial charge >= 0.3 is 0 Å². The van der Waals surface area contributed by atoms with E-state index in [0.29, 0.717) is 10.8 Å². The van der Waals surface area contributed by atoms with Crippen LogP contribution in [0.1, 0.15) is 11.6 Å². The molecule has 0 heterocycles. The molecule has 100 valence electrons. The number of hydrogen-bond acceptors (Lipinski definition) is 2. The average Bonchev–Trinajstić information content (AvgIpc) is 2.39. The zero-order valence-electron chi connectivity index (χ0n) is 9.95. The highest BCUT2D eigenvalue weighted by Crippen LogP contribution is 2.27. The van der Waals surface area contributed by atoms with Crippen LogP contribution in [0.5, 0.6) is 0 Å². The lowest BCUT2D eigenvalue weighted by molar-refractivity contribution is 0.493. The van der Waals surface area contributed by atoms with Crippen LogP contribution in [0.2, 0.25) is 5.02 Å². The zero-order valence-corrected chi connectivity index (χ0v) is 11.5. The highest BCUT2D eigenvalue weighted by atomic mass is 35.5. The van der Waals surface area contributed by atoms with Gasteiger partial charge in [0.2, 0.25) is 0 Å². The second-order valence-corrected chi connectivity index (χ2v) is 5.55. The van der Waals surface area contributed by atoms with E-state index in [-0.39, 0.29) is 5.56 Å². The Morgan fingerprint density at radius 2 is 1.89 bits per heavy atom. The molecule has 1 unspecified atom stereocenters. The minimum Gasteiger partial charge on any atom is -0.323 e. The van der Waals surface area contributed by atoms with E-state index in [1.165, 1.54) is 23.9 Å². The smallest absolute Gasteiger partial charge is 0.163 e. The van der Waals surface area contributed by atoms with Gasteiger partial charge in [-0.3, -0.25) is 0 Å². The molecule has 0 aliphatic heterocycles. The standard InChI is InChI=1S/C14H12ClF2NS/c15-9-3-1-4-10(7-9)19-8-13(18)11-5-2-6-12(16)14(11)17/h1-7,13H,8,18H2. The number of benzene rings is 2. The van der Waals surface area contributed by atoms with Gasteiger partial charge in [0, 0.05) is 27.3 Å². The summed E-state index contributed by atoms with van der Waals surface area (Å²) in [6, 6.07) is 10.8. The molecule has 19 heavy (non-hydrogen) atoms. The van der Waals surface area contributed by atoms with Crippen LogP contribution in [0.3, 0.4) is 0 Å². The summed E-state index contributed by atoms with van der Waals surface area (Å²) in [7, 11) is 0. The van der Waals surface area contributed by atoms with Gasteiger partial charge in [0.15, 0.2) is 11.6 Å². The fraction of sp³-hybridized carbons (Fsp3) is 0.143. The molecule has 1 nitrogen and oxygen atoms in total. The van der Waals surface area contributed by atoms with Crippen molar-refractivity contribution in [3.63, 3.8) is 0 Å². The third-order valence-corrected chi connectivity index (χ3v) is 3.95. The predicted molar refractivity (Wildman–Crippen MR) is 75.5 cm³/mol. The SMILES string of the molecule is NC(CSc1cccc(Cl)c1)c1cccc(F)c1F. The first-order valence-corrected chi connectivity index (χ1v) is 7.02. The van der Waals surface area contributed by atoms with Crippen molar-refractivity contribution < 1.29 is 8.78 Å². The van der Waals surface area contributed by atoms with Crippen molar-refractivity contribution in [2.45, 2.75) is 10.9 Å². The van der Waals surface area contributed by atoms with E-state index in [1.54, 1.807) is 12.1 Å². The quantitative estimate of drug-likeness (QED) is 0.846. The predicted octanol–water partition coefficient (Wildman–Crippen LogP) is 4.41. The molecule has 0 aliphatic rings. The highest BCUT2D eigenvalue weighted by Gasteiger charge is 2.14. The van der Waals surface area contributed by atoms with Crippen LogP contribution in [-0.2, 0) is 0 Å². The molecule has 0 aliphatic carbocycles. The summed E-state index contributed by atoms with van der Waals surface area (Å²) in [5.74, 6) is -1.30. The van der Waals surface area contributed by atoms with Crippen molar-refractivity contribution in [1.29, 1.82) is 0 Å². The van der Waals surface area contributed by atoms with E-state index in [0.717, 1.165) is 11.0 Å². The molecule has 0 spiro atoms. The Labute approximate surface area is 119 Å². The molecular formula is C14H12ClF2NS. The maximum atomic E-state index is 13.6. The first kappa shape index (κ1) is 14.3. The summed E-state index contributed by atoms with van der Waals surface area (Å²) in [5.41, 5.74) is 6.08. The Balaban J connectivity index is 2.05. The van der Waals surface area contributed by atoms with Crippen LogP contribution in [0.15, 0.2) is 47.4 Å². The van der Waals surface area contributed by atoms with Gasteiger partial charge in [-0.05, 0) is 24.3 Å². The van der Waals surface area contributed by atoms with E-state index in [9.17, 15) is 8.78 Å². The van der Waals surface area contributed by atoms with Gasteiger partial charge < -0.3 is 5.73 Å². The molecule has 2 aromatic carbocycles. The van der Waals surface area contributed by atoms with Crippen molar-refractivity contribution in [3.05, 3.63) is 64.7 Å². The lowest BCUT2D eigenvalue weighted by Gasteiger charge is -2.13. The third kappa shape index (κ3) is 3.69. The normalized spacial score (nSPS) is 12.4. The summed E-state index contributed by atoms with van der Waals surface area (Å²) < 4.78 is 26.7. The maximum Gasteiger partial charge on any atom is 0.163 e. The highest BCUT2D eigenvalue weighted by molar-refractivity contribution is 7.99. The molecule has 0 bridgehead atoms. The van der Waals surface area contributed by atoms with Crippen LogP contribution in [0.4, 0.5) is 8.78 Å². The number of rotatable bonds is 4. The van der Waals surface area contributed by atoms with Crippen molar-refractivity contribution in [2.75, 3.05) is 5.75 Å². The van der Waals surface area contributed by atoms with Gasteiger partial charge in [-0.1, -0.05) is 29.8 Å². The monoisotopic (exact) mass is 299 g/mol. The largest absolute Gasteiger partial charge is 0.323 e. The number of thioether (sulfide) groups is 1. The molecule has 1 atom stereocenters. The fourth-order valence-electron chi connectivity index (χ4n) is 1.64. The minimum absolute atomic E-state index is 0.189. The first-order valence-electron chi connectivity index (χ1n) is 5.66. The number of nitrogens with two attached hydrogens (primary N) is 1. The van der Waals surface area contributed by atoms with Gasteiger partial charge in [-0.2, -0.15) is 0 Å². The molecule has 2 N–H and O–H groups in total. The van der Waals surface area contributed by atoms with Gasteiger partial charge in [-0.15, -0.1) is 11.8 Å². The Morgan fingerprint density at radius 3 is 2.63 bits per heavy atom. The second-order valence-electron chi connectivity index (χ2n) is 4.02. The molecule has 0 saturated heterocycles. The minimum atomic E-state index is -0.874. The topological polar surface area (TPSA) is 26.0 Å². The van der Waals surface area contributed by atoms with Crippen LogP contribution in [0, 0.1) is 11.6 Å². The molecule has 0 amide bonds. The van der Waals surface area contributed by atoms with Crippen LogP contribution in [0.25, 0.3) is 0 Å². The van der Waals surface area contributed by atoms with E-state index in [4.69, 9.17) is 17.3 Å². The summed E-state index contributed by atoms with van der Waals surface area (Å²) >= 11 is 7.32. The molecule has 0 aromatic heterocycles. The third-order valence-electron chi connectivity index (χ3n) is 2.61. The maximum absolute atomic E-state index is 13.6. The van der Waals surface area contributed by atoms with Crippen molar-refractivity contribution in [3.8, 4) is 0 Å². The molecule has 0 fully saturated rings. The summed E-state index contributed by atoms with van der Waals surface area (Å²) in [4.78, 5) is 0.944. The Hall–Kier alpha value is -1.10. The molecule has 5 heteroatoms. The van der Waals surface area contributed by atoms with Crippen molar-refractivity contribution in [1.82, 2.24) is 0 Å². The van der Waals surface area contributed by atoms with Crippen molar-refractivity contribution in [2.24, 2.45) is 5.73 Å². The zero-order chi connectivity index (χ0) is 13.8. The van der Waals surface area contributed by atoms with Crippen LogP contribution >= 0.6 is 23.4 Å². The van der Waals surface area contributed by atoms with Crippen LogP contribution < -0.4 is 5.73 Å². The first-order chi connectivity index (χ1) is 9.08. The Bertz CT molecular complexity index is 577. The average molecular weight is 300 g/mol. The van der Waals surface area contributed by atoms with Crippen molar-refractivity contribution >= 4 is 23.4 Å². The lowest BCUT2D eigenvalue weighted by Crippen LogP contribution is -2.15. The number of halogens is 3. The van der Waals surface area contributed by atoms with Gasteiger partial charge in [0.1, 0.15) is 0 Å². The summed E-state index contributed by atoms with van der Waals surface area (Å²) in [6.07, 6.45) is 0. The van der Waals surface area contributed by atoms with E-state index in [2.05, 4.69) is 0 Å². The van der Waals surface area contributed by atoms with E-state index >= 15 is 0 Å². The lowest BCUT2D eigenvalue weighted by atomic mass is 10.1. The number of hydrogen-bond donors (Lipinski definition) is 1. The molecule has 0 radical (unpaired) electrons. The molecule has 2 aromatic rings. The summed E-state index contributed by atoms with van der Waals surface area (Å²) in [6.45, 7) is 0. The van der Waals surface area contributed by atoms with Gasteiger partial charge in [0.25, 0.3) is 0 Å². The van der Waals surface area contributed by atoms with E-state index < -0.39 is 17.7 Å². The summed E-state index contributed by atoms with van der Waals surface area (Å²) in [5, 5.41) is 0.635. The Kier molecular flexibility index (Phi) is 4.80.